The summed E-state index contributed by atoms with van der Waals surface area (Å²) in [6.07, 6.45) is 3.51. The Kier molecular flexibility index (Phi) is 2.70. The van der Waals surface area contributed by atoms with Gasteiger partial charge in [0, 0.05) is 17.4 Å². The zero-order valence-corrected chi connectivity index (χ0v) is 11.0. The zero-order valence-electron chi connectivity index (χ0n) is 11.0. The molecule has 4 nitrogen and oxygen atoms in total. The van der Waals surface area contributed by atoms with Gasteiger partial charge < -0.3 is 5.73 Å². The van der Waals surface area contributed by atoms with Crippen LogP contribution in [-0.2, 0) is 4.79 Å². The number of carbonyl (C=O) groups is 1. The maximum Gasteiger partial charge on any atom is 0.243 e. The van der Waals surface area contributed by atoms with Crippen molar-refractivity contribution in [3.63, 3.8) is 0 Å². The number of aromatic nitrogens is 1. The van der Waals surface area contributed by atoms with E-state index in [1.165, 1.54) is 12.8 Å². The van der Waals surface area contributed by atoms with Crippen LogP contribution in [0.1, 0.15) is 30.7 Å². The van der Waals surface area contributed by atoms with Crippen LogP contribution in [0.5, 0.6) is 0 Å². The lowest BCUT2D eigenvalue weighted by Gasteiger charge is -2.27. The maximum absolute atomic E-state index is 12.4. The molecule has 2 aliphatic rings. The highest BCUT2D eigenvalue weighted by molar-refractivity contribution is 5.87. The van der Waals surface area contributed by atoms with E-state index >= 15 is 0 Å². The van der Waals surface area contributed by atoms with E-state index in [0.717, 1.165) is 17.8 Å². The molecule has 3 rings (SSSR count). The minimum atomic E-state index is 0.00458. The number of nitrogens with zero attached hydrogens (tertiary/aromatic N) is 1. The molecule has 0 aliphatic heterocycles. The molecule has 18 heavy (non-hydrogen) atoms. The van der Waals surface area contributed by atoms with Gasteiger partial charge in [0.1, 0.15) is 0 Å². The van der Waals surface area contributed by atoms with Gasteiger partial charge in [0.05, 0.1) is 5.92 Å². The summed E-state index contributed by atoms with van der Waals surface area (Å²) >= 11 is 0. The summed E-state index contributed by atoms with van der Waals surface area (Å²) in [5.74, 6) is 1.17. The average Bonchev–Trinajstić information content (AvgIpc) is 2.99. The first kappa shape index (κ1) is 11.8. The van der Waals surface area contributed by atoms with Crippen LogP contribution in [0.4, 0.5) is 0 Å². The molecular formula is C14H21N3O. The van der Waals surface area contributed by atoms with E-state index in [1.807, 2.05) is 30.7 Å². The number of aryl methyl sites for hydroxylation is 2. The lowest BCUT2D eigenvalue weighted by atomic mass is 9.84. The molecule has 2 aliphatic carbocycles. The number of hydrogen-bond acceptors (Lipinski definition) is 2. The Morgan fingerprint density at radius 3 is 2.44 bits per heavy atom. The summed E-state index contributed by atoms with van der Waals surface area (Å²) in [4.78, 5) is 12.4. The lowest BCUT2D eigenvalue weighted by molar-refractivity contribution is -0.122. The quantitative estimate of drug-likeness (QED) is 0.833. The van der Waals surface area contributed by atoms with E-state index in [-0.39, 0.29) is 17.9 Å². The molecule has 1 heterocycles. The SMILES string of the molecule is Cc1ccc(C)n1NC(=O)C1C2CCC(C2)C1N. The van der Waals surface area contributed by atoms with E-state index in [4.69, 9.17) is 5.73 Å². The number of nitrogens with two attached hydrogens (primary N) is 1. The van der Waals surface area contributed by atoms with Crippen LogP contribution in [0.25, 0.3) is 0 Å². The predicted octanol–water partition coefficient (Wildman–Crippen LogP) is 1.55. The number of rotatable bonds is 2. The summed E-state index contributed by atoms with van der Waals surface area (Å²) in [5, 5.41) is 0. The fourth-order valence-electron chi connectivity index (χ4n) is 3.75. The first-order chi connectivity index (χ1) is 8.58. The molecule has 1 aromatic heterocycles. The largest absolute Gasteiger partial charge is 0.327 e. The van der Waals surface area contributed by atoms with Gasteiger partial charge in [-0.25, -0.2) is 0 Å². The first-order valence-corrected chi connectivity index (χ1v) is 6.79. The topological polar surface area (TPSA) is 60.0 Å². The van der Waals surface area contributed by atoms with Crippen LogP contribution < -0.4 is 11.2 Å². The van der Waals surface area contributed by atoms with E-state index in [1.54, 1.807) is 0 Å². The molecule has 2 saturated carbocycles. The second-order valence-corrected chi connectivity index (χ2v) is 5.86. The highest BCUT2D eigenvalue weighted by atomic mass is 16.2. The van der Waals surface area contributed by atoms with Gasteiger partial charge in [0.15, 0.2) is 0 Å². The second-order valence-electron chi connectivity index (χ2n) is 5.86. The van der Waals surface area contributed by atoms with Crippen LogP contribution in [0.2, 0.25) is 0 Å². The monoisotopic (exact) mass is 247 g/mol. The molecule has 1 aromatic rings. The lowest BCUT2D eigenvalue weighted by Crippen LogP contribution is -2.44. The third-order valence-electron chi connectivity index (χ3n) is 4.78. The Morgan fingerprint density at radius 2 is 1.89 bits per heavy atom. The third-order valence-corrected chi connectivity index (χ3v) is 4.78. The standard InChI is InChI=1S/C14H21N3O/c1-8-3-4-9(2)17(8)16-14(18)12-10-5-6-11(7-10)13(12)15/h3-4,10-13H,5-7,15H2,1-2H3,(H,16,18). The third kappa shape index (κ3) is 1.67. The van der Waals surface area contributed by atoms with Crippen molar-refractivity contribution < 1.29 is 4.79 Å². The van der Waals surface area contributed by atoms with Gasteiger partial charge in [-0.2, -0.15) is 0 Å². The van der Waals surface area contributed by atoms with Gasteiger partial charge in [-0.15, -0.1) is 0 Å². The minimum Gasteiger partial charge on any atom is -0.327 e. The Hall–Kier alpha value is -1.29. The number of hydrogen-bond donors (Lipinski definition) is 2. The summed E-state index contributed by atoms with van der Waals surface area (Å²) in [7, 11) is 0. The molecule has 2 fully saturated rings. The highest BCUT2D eigenvalue weighted by Gasteiger charge is 2.49. The maximum atomic E-state index is 12.4. The van der Waals surface area contributed by atoms with E-state index < -0.39 is 0 Å². The normalized spacial score (nSPS) is 33.9. The average molecular weight is 247 g/mol. The predicted molar refractivity (Wildman–Crippen MR) is 70.6 cm³/mol. The highest BCUT2D eigenvalue weighted by Crippen LogP contribution is 2.47. The summed E-state index contributed by atoms with van der Waals surface area (Å²) < 4.78 is 1.86. The van der Waals surface area contributed by atoms with Crippen LogP contribution in [0.3, 0.4) is 0 Å². The summed E-state index contributed by atoms with van der Waals surface area (Å²) in [5.41, 5.74) is 11.3. The van der Waals surface area contributed by atoms with Gasteiger partial charge in [-0.3, -0.25) is 14.9 Å². The van der Waals surface area contributed by atoms with Crippen molar-refractivity contribution in [1.29, 1.82) is 0 Å². The smallest absolute Gasteiger partial charge is 0.243 e. The fraction of sp³-hybridized carbons (Fsp3) is 0.643. The van der Waals surface area contributed by atoms with Gasteiger partial charge >= 0.3 is 0 Å². The number of amides is 1. The van der Waals surface area contributed by atoms with E-state index in [9.17, 15) is 4.79 Å². The molecule has 98 valence electrons. The molecule has 1 amide bonds. The molecule has 4 heteroatoms. The number of fused-ring (bicyclic) bond motifs is 2. The summed E-state index contributed by atoms with van der Waals surface area (Å²) in [6.45, 7) is 3.99. The molecular weight excluding hydrogens is 226 g/mol. The van der Waals surface area contributed by atoms with E-state index in [2.05, 4.69) is 5.43 Å². The Morgan fingerprint density at radius 1 is 1.28 bits per heavy atom. The van der Waals surface area contributed by atoms with Crippen molar-refractivity contribution in [3.05, 3.63) is 23.5 Å². The zero-order chi connectivity index (χ0) is 12.9. The van der Waals surface area contributed by atoms with Crippen LogP contribution in [-0.4, -0.2) is 16.6 Å². The molecule has 0 radical (unpaired) electrons. The van der Waals surface area contributed by atoms with Gasteiger partial charge in [0.25, 0.3) is 0 Å². The molecule has 4 atom stereocenters. The molecule has 3 N–H and O–H groups in total. The van der Waals surface area contributed by atoms with Gasteiger partial charge in [-0.1, -0.05) is 0 Å². The molecule has 2 bridgehead atoms. The Balaban J connectivity index is 1.76. The minimum absolute atomic E-state index is 0.00458. The fourth-order valence-corrected chi connectivity index (χ4v) is 3.75. The number of nitrogens with one attached hydrogen (secondary N) is 1. The van der Waals surface area contributed by atoms with Crippen LogP contribution in [0.15, 0.2) is 12.1 Å². The molecule has 0 spiro atoms. The Bertz CT molecular complexity index is 458. The number of carbonyl (C=O) groups excluding carboxylic acids is 1. The van der Waals surface area contributed by atoms with Crippen LogP contribution >= 0.6 is 0 Å². The Labute approximate surface area is 108 Å². The summed E-state index contributed by atoms with van der Waals surface area (Å²) in [6, 6.07) is 4.08. The van der Waals surface area contributed by atoms with Crippen molar-refractivity contribution in [2.24, 2.45) is 23.5 Å². The molecule has 0 aromatic carbocycles. The van der Waals surface area contributed by atoms with E-state index in [0.29, 0.717) is 11.8 Å². The van der Waals surface area contributed by atoms with Crippen molar-refractivity contribution in [2.45, 2.75) is 39.2 Å². The first-order valence-electron chi connectivity index (χ1n) is 6.79. The van der Waals surface area contributed by atoms with Gasteiger partial charge in [0.2, 0.25) is 5.91 Å². The van der Waals surface area contributed by atoms with Crippen molar-refractivity contribution >= 4 is 5.91 Å². The van der Waals surface area contributed by atoms with Crippen molar-refractivity contribution in [1.82, 2.24) is 4.68 Å². The van der Waals surface area contributed by atoms with Gasteiger partial charge in [-0.05, 0) is 57.1 Å². The van der Waals surface area contributed by atoms with Crippen LogP contribution in [0, 0.1) is 31.6 Å². The second kappa shape index (κ2) is 4.12. The van der Waals surface area contributed by atoms with Crippen molar-refractivity contribution in [2.75, 3.05) is 5.43 Å². The van der Waals surface area contributed by atoms with Crippen molar-refractivity contribution in [3.8, 4) is 0 Å². The molecule has 0 saturated heterocycles. The molecule has 4 unspecified atom stereocenters.